The first-order valence-electron chi connectivity index (χ1n) is 21.5. The van der Waals surface area contributed by atoms with Gasteiger partial charge in [0, 0.05) is 70.0 Å². The van der Waals surface area contributed by atoms with Gasteiger partial charge in [-0.05, 0) is 139 Å². The Bertz CT molecular complexity index is 1550. The second-order valence-electron chi connectivity index (χ2n) is 19.7. The normalized spacial score (nSPS) is 39.8. The van der Waals surface area contributed by atoms with Gasteiger partial charge in [0.2, 0.25) is 0 Å². The molecule has 1 aliphatic heterocycles. The second-order valence-corrected chi connectivity index (χ2v) is 20.9. The van der Waals surface area contributed by atoms with Crippen LogP contribution in [0.15, 0.2) is 42.5 Å². The van der Waals surface area contributed by atoms with Gasteiger partial charge < -0.3 is 10.4 Å². The molecular weight excluding hydrogens is 673 g/mol. The molecule has 4 saturated carbocycles. The summed E-state index contributed by atoms with van der Waals surface area (Å²) in [6.07, 6.45) is 14.3. The smallest absolute Gasteiger partial charge is 0.335 e. The van der Waals surface area contributed by atoms with E-state index in [0.29, 0.717) is 40.1 Å². The van der Waals surface area contributed by atoms with Crippen LogP contribution in [0.1, 0.15) is 129 Å². The maximum Gasteiger partial charge on any atom is 0.335 e. The first-order chi connectivity index (χ1) is 25.1. The third-order valence-electron chi connectivity index (χ3n) is 17.3. The van der Waals surface area contributed by atoms with Gasteiger partial charge in [-0.15, -0.1) is 0 Å². The molecule has 0 amide bonds. The lowest BCUT2D eigenvalue weighted by atomic mass is 9.33. The van der Waals surface area contributed by atoms with Crippen LogP contribution in [-0.4, -0.2) is 82.5 Å². The van der Waals surface area contributed by atoms with Crippen molar-refractivity contribution < 1.29 is 9.90 Å². The van der Waals surface area contributed by atoms with E-state index in [1.165, 1.54) is 81.2 Å². The van der Waals surface area contributed by atoms with Crippen molar-refractivity contribution in [1.82, 2.24) is 18.8 Å². The molecule has 7 rings (SSSR count). The predicted molar refractivity (Wildman–Crippen MR) is 223 cm³/mol. The fraction of sp³-hybridized carbons (Fsp3) is 0.761. The van der Waals surface area contributed by atoms with E-state index >= 15 is 0 Å². The standard InChI is InChI=1S/C46H72N4O2S/c1-10-49(11-2)53-50-30-28-48(29-31-50)27-26-47-46-23-18-35(32(3)4)40(46)37-16-17-39-43(7)21-19-36(33-12-14-34(15-13-33)41(51)52)42(5,6)38(43)20-22-45(39,9)44(37,8)24-25-46/h12-15,19,35,37-40,47H,3,10-11,16-18,20-31H2,1-2,4-9H3,(H,51,52). The number of rotatable bonds is 11. The van der Waals surface area contributed by atoms with Crippen LogP contribution in [0.25, 0.3) is 5.57 Å². The number of fused-ring (bicyclic) bond motifs is 7. The summed E-state index contributed by atoms with van der Waals surface area (Å²) in [6, 6.07) is 7.68. The first kappa shape index (κ1) is 39.6. The van der Waals surface area contributed by atoms with Crippen LogP contribution in [0.2, 0.25) is 0 Å². The highest BCUT2D eigenvalue weighted by atomic mass is 32.2. The minimum atomic E-state index is -0.852. The monoisotopic (exact) mass is 745 g/mol. The molecule has 6 nitrogen and oxygen atoms in total. The van der Waals surface area contributed by atoms with E-state index in [-0.39, 0.29) is 16.4 Å². The zero-order valence-corrected chi connectivity index (χ0v) is 35.4. The lowest BCUT2D eigenvalue weighted by Crippen LogP contribution is -2.68. The Balaban J connectivity index is 1.08. The number of carboxylic acids is 1. The second kappa shape index (κ2) is 14.7. The molecule has 1 heterocycles. The lowest BCUT2D eigenvalue weighted by molar-refractivity contribution is -0.219. The number of nitrogens with zero attached hydrogens (tertiary/aromatic N) is 3. The third kappa shape index (κ3) is 6.52. The number of carbonyl (C=O) groups is 1. The summed E-state index contributed by atoms with van der Waals surface area (Å²) in [5, 5.41) is 13.9. The van der Waals surface area contributed by atoms with Crippen LogP contribution in [0, 0.1) is 51.2 Å². The van der Waals surface area contributed by atoms with E-state index in [4.69, 9.17) is 0 Å². The van der Waals surface area contributed by atoms with Crippen LogP contribution in [0.5, 0.6) is 0 Å². The van der Waals surface area contributed by atoms with Crippen LogP contribution in [-0.2, 0) is 0 Å². The summed E-state index contributed by atoms with van der Waals surface area (Å²) in [4.78, 5) is 14.3. The van der Waals surface area contributed by atoms with Gasteiger partial charge in [0.1, 0.15) is 0 Å². The van der Waals surface area contributed by atoms with Crippen molar-refractivity contribution in [2.45, 2.75) is 119 Å². The number of aromatic carboxylic acids is 1. The molecule has 294 valence electrons. The Labute approximate surface area is 327 Å². The van der Waals surface area contributed by atoms with Gasteiger partial charge in [0.25, 0.3) is 0 Å². The summed E-state index contributed by atoms with van der Waals surface area (Å²) >= 11 is 1.95. The highest BCUT2D eigenvalue weighted by Gasteiger charge is 2.70. The Morgan fingerprint density at radius 1 is 0.906 bits per heavy atom. The Morgan fingerprint density at radius 3 is 2.25 bits per heavy atom. The number of allylic oxidation sites excluding steroid dienone is 3. The van der Waals surface area contributed by atoms with Gasteiger partial charge in [-0.2, -0.15) is 0 Å². The van der Waals surface area contributed by atoms with Crippen molar-refractivity contribution in [1.29, 1.82) is 0 Å². The molecule has 5 fully saturated rings. The van der Waals surface area contributed by atoms with Gasteiger partial charge in [0.05, 0.1) is 5.56 Å². The number of hydrogen-bond acceptors (Lipinski definition) is 6. The van der Waals surface area contributed by atoms with Crippen molar-refractivity contribution in [2.24, 2.45) is 51.2 Å². The molecule has 1 aromatic carbocycles. The summed E-state index contributed by atoms with van der Waals surface area (Å²) in [6.45, 7) is 33.8. The van der Waals surface area contributed by atoms with E-state index in [2.05, 4.69) is 99.0 Å². The molecule has 6 aliphatic rings. The Kier molecular flexibility index (Phi) is 11.0. The maximum atomic E-state index is 11.6. The van der Waals surface area contributed by atoms with Gasteiger partial charge in [-0.1, -0.05) is 78.8 Å². The Hall–Kier alpha value is -1.64. The van der Waals surface area contributed by atoms with Crippen molar-refractivity contribution in [3.63, 3.8) is 0 Å². The van der Waals surface area contributed by atoms with Crippen molar-refractivity contribution >= 4 is 23.7 Å². The molecule has 2 N–H and O–H groups in total. The topological polar surface area (TPSA) is 59.0 Å². The van der Waals surface area contributed by atoms with Gasteiger partial charge >= 0.3 is 5.97 Å². The van der Waals surface area contributed by atoms with E-state index in [1.54, 1.807) is 12.1 Å². The van der Waals surface area contributed by atoms with Crippen LogP contribution >= 0.6 is 12.1 Å². The van der Waals surface area contributed by atoms with Crippen LogP contribution in [0.3, 0.4) is 0 Å². The average Bonchev–Trinajstić information content (AvgIpc) is 3.51. The molecule has 0 radical (unpaired) electrons. The van der Waals surface area contributed by atoms with Crippen molar-refractivity contribution in [3.05, 3.63) is 53.6 Å². The average molecular weight is 745 g/mol. The highest BCUT2D eigenvalue weighted by Crippen LogP contribution is 2.76. The summed E-state index contributed by atoms with van der Waals surface area (Å²) in [5.74, 6) is 2.54. The minimum Gasteiger partial charge on any atom is -0.478 e. The quantitative estimate of drug-likeness (QED) is 0.173. The zero-order valence-electron chi connectivity index (χ0n) is 34.6. The Morgan fingerprint density at radius 2 is 1.60 bits per heavy atom. The van der Waals surface area contributed by atoms with Gasteiger partial charge in [-0.25, -0.2) is 13.4 Å². The molecule has 0 bridgehead atoms. The number of hydrogen-bond donors (Lipinski definition) is 2. The molecule has 5 aliphatic carbocycles. The number of nitrogens with one attached hydrogen (secondary N) is 1. The summed E-state index contributed by atoms with van der Waals surface area (Å²) < 4.78 is 5.03. The lowest BCUT2D eigenvalue weighted by Gasteiger charge is -2.72. The molecule has 0 spiro atoms. The van der Waals surface area contributed by atoms with Crippen molar-refractivity contribution in [3.8, 4) is 0 Å². The zero-order chi connectivity index (χ0) is 38.0. The van der Waals surface area contributed by atoms with Crippen LogP contribution < -0.4 is 5.32 Å². The highest BCUT2D eigenvalue weighted by molar-refractivity contribution is 7.94. The van der Waals surface area contributed by atoms with Gasteiger partial charge in [0.15, 0.2) is 0 Å². The molecule has 53 heavy (non-hydrogen) atoms. The number of benzene rings is 1. The molecule has 1 saturated heterocycles. The van der Waals surface area contributed by atoms with E-state index < -0.39 is 5.97 Å². The first-order valence-corrected chi connectivity index (χ1v) is 22.2. The summed E-state index contributed by atoms with van der Waals surface area (Å²) in [5.41, 5.74) is 5.62. The van der Waals surface area contributed by atoms with Crippen LogP contribution in [0.4, 0.5) is 0 Å². The fourth-order valence-corrected chi connectivity index (χ4v) is 15.2. The molecule has 0 aromatic heterocycles. The fourth-order valence-electron chi connectivity index (χ4n) is 14.3. The van der Waals surface area contributed by atoms with E-state index in [0.717, 1.165) is 51.6 Å². The van der Waals surface area contributed by atoms with E-state index in [9.17, 15) is 9.90 Å². The number of piperazine rings is 1. The van der Waals surface area contributed by atoms with Gasteiger partial charge in [-0.3, -0.25) is 4.90 Å². The summed E-state index contributed by atoms with van der Waals surface area (Å²) in [7, 11) is 0. The molecule has 7 heteroatoms. The molecule has 9 unspecified atom stereocenters. The molecule has 1 aromatic rings. The SMILES string of the molecule is C=C(C)C1CCC2(NCCN3CCN(SN(CC)CC)CC3)CCC3(C)C(CCC4C5(C)CC=C(c6ccc(C(=O)O)cc6)C(C)(C)C5CCC43C)C12. The molecular formula is C46H72N4O2S. The maximum absolute atomic E-state index is 11.6. The van der Waals surface area contributed by atoms with Crippen molar-refractivity contribution in [2.75, 3.05) is 52.4 Å². The predicted octanol–water partition coefficient (Wildman–Crippen LogP) is 9.90. The van der Waals surface area contributed by atoms with E-state index in [1.807, 2.05) is 12.1 Å². The largest absolute Gasteiger partial charge is 0.478 e. The number of carboxylic acid groups (broad SMARTS) is 1. The molecule has 9 atom stereocenters. The minimum absolute atomic E-state index is 0.0375. The third-order valence-corrected chi connectivity index (χ3v) is 18.6.